The third-order valence-corrected chi connectivity index (χ3v) is 15.8. The molecule has 0 bridgehead atoms. The first-order valence-corrected chi connectivity index (χ1v) is 34.4. The summed E-state index contributed by atoms with van der Waals surface area (Å²) in [7, 11) is 0. The van der Waals surface area contributed by atoms with Gasteiger partial charge < -0.3 is 20.3 Å². The predicted octanol–water partition coefficient (Wildman–Crippen LogP) is 22.1. The Balaban J connectivity index is 3.45. The van der Waals surface area contributed by atoms with Crippen LogP contribution in [-0.2, 0) is 14.3 Å². The number of carbonyl (C=O) groups is 2. The van der Waals surface area contributed by atoms with Gasteiger partial charge in [0.05, 0.1) is 25.4 Å². The molecule has 0 aromatic rings. The Kier molecular flexibility index (Phi) is 64.5. The molecule has 0 aromatic carbocycles. The maximum Gasteiger partial charge on any atom is 0.305 e. The smallest absolute Gasteiger partial charge is 0.305 e. The number of nitrogens with one attached hydrogen (secondary N) is 1. The van der Waals surface area contributed by atoms with Crippen molar-refractivity contribution in [1.29, 1.82) is 0 Å². The number of esters is 1. The summed E-state index contributed by atoms with van der Waals surface area (Å²) in [6.45, 7) is 4.90. The zero-order valence-corrected chi connectivity index (χ0v) is 51.7. The minimum atomic E-state index is -0.851. The van der Waals surface area contributed by atoms with Gasteiger partial charge in [0.2, 0.25) is 5.91 Å². The Morgan fingerprint density at radius 1 is 0.364 bits per heavy atom. The average molecular weight is 1080 g/mol. The van der Waals surface area contributed by atoms with Gasteiger partial charge in [0.15, 0.2) is 0 Å². The van der Waals surface area contributed by atoms with Gasteiger partial charge in [0, 0.05) is 12.8 Å². The number of rotatable bonds is 64. The highest BCUT2D eigenvalue weighted by Gasteiger charge is 2.18. The highest BCUT2D eigenvalue weighted by atomic mass is 16.5. The Morgan fingerprint density at radius 2 is 0.649 bits per heavy atom. The highest BCUT2D eigenvalue weighted by Crippen LogP contribution is 2.18. The molecule has 0 aliphatic rings. The van der Waals surface area contributed by atoms with Crippen LogP contribution in [0.4, 0.5) is 0 Å². The van der Waals surface area contributed by atoms with Crippen LogP contribution in [0.3, 0.4) is 0 Å². The van der Waals surface area contributed by atoms with E-state index >= 15 is 0 Å². The molecule has 77 heavy (non-hydrogen) atoms. The van der Waals surface area contributed by atoms with Gasteiger partial charge in [0.25, 0.3) is 0 Å². The molecular weight excluding hydrogens is 947 g/mol. The van der Waals surface area contributed by atoms with Gasteiger partial charge in [-0.1, -0.05) is 313 Å². The van der Waals surface area contributed by atoms with E-state index in [1.54, 1.807) is 6.08 Å². The van der Waals surface area contributed by atoms with Crippen molar-refractivity contribution < 1.29 is 24.5 Å². The topological polar surface area (TPSA) is 95.9 Å². The van der Waals surface area contributed by atoms with Crippen molar-refractivity contribution in [1.82, 2.24) is 5.32 Å². The summed E-state index contributed by atoms with van der Waals surface area (Å²) >= 11 is 0. The number of aliphatic hydroxyl groups excluding tert-OH is 2. The lowest BCUT2D eigenvalue weighted by Crippen LogP contribution is -2.45. The first-order valence-electron chi connectivity index (χ1n) is 34.4. The Morgan fingerprint density at radius 3 is 1.01 bits per heavy atom. The predicted molar refractivity (Wildman–Crippen MR) is 338 cm³/mol. The fraction of sp³-hybridized carbons (Fsp3) is 0.859. The molecule has 0 fully saturated rings. The van der Waals surface area contributed by atoms with Gasteiger partial charge in [-0.2, -0.15) is 0 Å². The number of hydrogen-bond acceptors (Lipinski definition) is 5. The van der Waals surface area contributed by atoms with Gasteiger partial charge in [-0.05, 0) is 89.9 Å². The Bertz CT molecular complexity index is 1290. The summed E-state index contributed by atoms with van der Waals surface area (Å²) in [5.74, 6) is -0.0763. The largest absolute Gasteiger partial charge is 0.466 e. The molecule has 3 N–H and O–H groups in total. The SMILES string of the molecule is CCCCCC/C=C\C/C=C\CCCCCCCC(=O)OCCCCCCCCCCCCC/C=C\CCCCCCCCCC(=O)NC(CO)C(O)/C=C/CCCCCCCCCCCCCCCCCCCCCC. The van der Waals surface area contributed by atoms with Crippen LogP contribution in [0.1, 0.15) is 367 Å². The zero-order valence-electron chi connectivity index (χ0n) is 51.7. The monoisotopic (exact) mass is 1080 g/mol. The van der Waals surface area contributed by atoms with Crippen LogP contribution in [0.25, 0.3) is 0 Å². The van der Waals surface area contributed by atoms with Crippen LogP contribution < -0.4 is 5.32 Å². The molecule has 0 spiro atoms. The van der Waals surface area contributed by atoms with Crippen LogP contribution in [0.15, 0.2) is 48.6 Å². The van der Waals surface area contributed by atoms with Crippen molar-refractivity contribution in [2.45, 2.75) is 379 Å². The zero-order chi connectivity index (χ0) is 55.7. The summed E-state index contributed by atoms with van der Waals surface area (Å²) < 4.78 is 5.48. The Labute approximate surface area is 480 Å². The van der Waals surface area contributed by atoms with E-state index in [0.717, 1.165) is 57.8 Å². The summed E-state index contributed by atoms with van der Waals surface area (Å²) in [4.78, 5) is 24.6. The third-order valence-electron chi connectivity index (χ3n) is 15.8. The molecule has 0 aliphatic heterocycles. The van der Waals surface area contributed by atoms with Gasteiger partial charge in [-0.3, -0.25) is 9.59 Å². The average Bonchev–Trinajstić information content (AvgIpc) is 3.43. The molecular formula is C71H133NO5. The van der Waals surface area contributed by atoms with Crippen molar-refractivity contribution in [3.05, 3.63) is 48.6 Å². The number of hydrogen-bond donors (Lipinski definition) is 3. The van der Waals surface area contributed by atoms with E-state index in [4.69, 9.17) is 4.74 Å². The lowest BCUT2D eigenvalue weighted by Gasteiger charge is -2.20. The molecule has 6 nitrogen and oxygen atoms in total. The summed E-state index contributed by atoms with van der Waals surface area (Å²) in [5.41, 5.74) is 0. The molecule has 0 aromatic heterocycles. The number of carbonyl (C=O) groups excluding carboxylic acids is 2. The van der Waals surface area contributed by atoms with E-state index < -0.39 is 12.1 Å². The van der Waals surface area contributed by atoms with Crippen molar-refractivity contribution in [3.63, 3.8) is 0 Å². The lowest BCUT2D eigenvalue weighted by molar-refractivity contribution is -0.143. The normalized spacial score (nSPS) is 12.8. The van der Waals surface area contributed by atoms with Crippen LogP contribution in [0.2, 0.25) is 0 Å². The summed E-state index contributed by atoms with van der Waals surface area (Å²) in [6, 6.07) is -0.635. The number of aliphatic hydroxyl groups is 2. The second-order valence-corrected chi connectivity index (χ2v) is 23.5. The highest BCUT2D eigenvalue weighted by molar-refractivity contribution is 5.76. The minimum absolute atomic E-state index is 0.00390. The first kappa shape index (κ1) is 74.8. The molecule has 0 saturated carbocycles. The molecule has 2 unspecified atom stereocenters. The minimum Gasteiger partial charge on any atom is -0.466 e. The van der Waals surface area contributed by atoms with Gasteiger partial charge in [0.1, 0.15) is 0 Å². The van der Waals surface area contributed by atoms with Gasteiger partial charge in [-0.25, -0.2) is 0 Å². The molecule has 0 radical (unpaired) electrons. The third kappa shape index (κ3) is 62.9. The van der Waals surface area contributed by atoms with Gasteiger partial charge in [-0.15, -0.1) is 0 Å². The standard InChI is InChI=1S/C71H133NO5/c1-3-5-7-9-11-13-15-17-19-21-22-23-26-29-32-35-39-43-47-51-55-59-63-69(74)68(67-73)72-70(75)64-60-56-52-48-44-40-36-33-30-27-24-25-28-31-34-38-42-46-50-54-58-62-66-77-71(76)65-61-57-53-49-45-41-37-20-18-16-14-12-10-8-6-4-2/h14,16,20,27,30,37,59,63,68-69,73-74H,3-13,15,17-19,21-26,28-29,31-36,38-58,60-62,64-67H2,1-2H3,(H,72,75)/b16-14-,30-27-,37-20-,63-59+. The molecule has 0 heterocycles. The van der Waals surface area contributed by atoms with Crippen LogP contribution in [-0.4, -0.2) is 47.4 Å². The molecule has 452 valence electrons. The fourth-order valence-electron chi connectivity index (χ4n) is 10.5. The van der Waals surface area contributed by atoms with Crippen molar-refractivity contribution in [2.24, 2.45) is 0 Å². The van der Waals surface area contributed by atoms with Crippen LogP contribution in [0.5, 0.6) is 0 Å². The van der Waals surface area contributed by atoms with E-state index in [1.165, 1.54) is 283 Å². The number of amides is 1. The quantitative estimate of drug-likeness (QED) is 0.0320. The molecule has 1 amide bonds. The van der Waals surface area contributed by atoms with Crippen LogP contribution >= 0.6 is 0 Å². The molecule has 0 rings (SSSR count). The molecule has 6 heteroatoms. The molecule has 2 atom stereocenters. The maximum absolute atomic E-state index is 12.5. The maximum atomic E-state index is 12.5. The lowest BCUT2D eigenvalue weighted by atomic mass is 10.0. The van der Waals surface area contributed by atoms with Crippen molar-refractivity contribution >= 4 is 11.9 Å². The van der Waals surface area contributed by atoms with Crippen molar-refractivity contribution in [2.75, 3.05) is 13.2 Å². The van der Waals surface area contributed by atoms with Crippen LogP contribution in [0, 0.1) is 0 Å². The van der Waals surface area contributed by atoms with Gasteiger partial charge >= 0.3 is 5.97 Å². The fourth-order valence-corrected chi connectivity index (χ4v) is 10.5. The molecule has 0 aliphatic carbocycles. The Hall–Kier alpha value is -2.18. The number of unbranched alkanes of at least 4 members (excludes halogenated alkanes) is 47. The number of allylic oxidation sites excluding steroid dienone is 7. The first-order chi connectivity index (χ1) is 38.0. The molecule has 0 saturated heterocycles. The van der Waals surface area contributed by atoms with E-state index in [-0.39, 0.29) is 18.5 Å². The summed E-state index contributed by atoms with van der Waals surface area (Å²) in [5, 5.41) is 23.2. The summed E-state index contributed by atoms with van der Waals surface area (Å²) in [6.07, 6.45) is 86.0. The number of ether oxygens (including phenoxy) is 1. The van der Waals surface area contributed by atoms with Crippen molar-refractivity contribution in [3.8, 4) is 0 Å². The second-order valence-electron chi connectivity index (χ2n) is 23.5. The van der Waals surface area contributed by atoms with E-state index in [2.05, 4.69) is 55.6 Å². The second kappa shape index (κ2) is 66.3. The van der Waals surface area contributed by atoms with E-state index in [1.807, 2.05) is 6.08 Å². The van der Waals surface area contributed by atoms with E-state index in [0.29, 0.717) is 19.4 Å². The van der Waals surface area contributed by atoms with E-state index in [9.17, 15) is 19.8 Å².